The summed E-state index contributed by atoms with van der Waals surface area (Å²) < 4.78 is 23.2. The molecule has 0 bridgehead atoms. The highest BCUT2D eigenvalue weighted by atomic mass is 32.2. The van der Waals surface area contributed by atoms with Gasteiger partial charge in [0, 0.05) is 6.04 Å². The number of nitrogens with one attached hydrogen (secondary N) is 1. The highest BCUT2D eigenvalue weighted by Gasteiger charge is 2.27. The Kier molecular flexibility index (Phi) is 6.86. The minimum atomic E-state index is -2.89. The molecule has 5 nitrogen and oxygen atoms in total. The monoisotopic (exact) mass is 400 g/mol. The largest absolute Gasteiger partial charge is 0.348 e. The summed E-state index contributed by atoms with van der Waals surface area (Å²) in [4.78, 5) is 14.7. The van der Waals surface area contributed by atoms with Gasteiger partial charge in [0.25, 0.3) is 0 Å². The first-order chi connectivity index (χ1) is 13.4. The van der Waals surface area contributed by atoms with Crippen molar-refractivity contribution in [1.82, 2.24) is 10.2 Å². The number of amides is 1. The third kappa shape index (κ3) is 5.91. The van der Waals surface area contributed by atoms with Crippen LogP contribution < -0.4 is 5.32 Å². The van der Waals surface area contributed by atoms with E-state index in [0.29, 0.717) is 12.8 Å². The third-order valence-corrected chi connectivity index (χ3v) is 7.08. The lowest BCUT2D eigenvalue weighted by molar-refractivity contribution is -0.123. The van der Waals surface area contributed by atoms with Crippen molar-refractivity contribution < 1.29 is 13.2 Å². The minimum absolute atomic E-state index is 0.0410. The summed E-state index contributed by atoms with van der Waals surface area (Å²) in [5.41, 5.74) is 2.24. The lowest BCUT2D eigenvalue weighted by Crippen LogP contribution is -2.45. The number of carbonyl (C=O) groups is 1. The number of carbonyl (C=O) groups excluding carboxylic acids is 1. The van der Waals surface area contributed by atoms with Crippen LogP contribution in [0.4, 0.5) is 0 Å². The van der Waals surface area contributed by atoms with Crippen molar-refractivity contribution in [3.8, 4) is 0 Å². The first-order valence-electron chi connectivity index (χ1n) is 9.72. The lowest BCUT2D eigenvalue weighted by Gasteiger charge is -2.31. The zero-order chi connectivity index (χ0) is 20.0. The molecular weight excluding hydrogens is 372 g/mol. The van der Waals surface area contributed by atoms with Crippen molar-refractivity contribution in [2.24, 2.45) is 0 Å². The number of hydrogen-bond acceptors (Lipinski definition) is 4. The average Bonchev–Trinajstić information content (AvgIpc) is 2.69. The molecule has 1 heterocycles. The van der Waals surface area contributed by atoms with Gasteiger partial charge in [-0.05, 0) is 37.4 Å². The first kappa shape index (κ1) is 20.6. The van der Waals surface area contributed by atoms with E-state index in [4.69, 9.17) is 0 Å². The van der Waals surface area contributed by atoms with Crippen LogP contribution >= 0.6 is 0 Å². The van der Waals surface area contributed by atoms with Crippen LogP contribution in [0.1, 0.15) is 30.0 Å². The van der Waals surface area contributed by atoms with E-state index in [1.807, 2.05) is 60.5 Å². The number of nitrogens with zero attached hydrogens (tertiary/aromatic N) is 1. The second-order valence-corrected chi connectivity index (χ2v) is 9.82. The number of sulfone groups is 1. The number of rotatable bonds is 7. The van der Waals surface area contributed by atoms with Crippen molar-refractivity contribution in [2.75, 3.05) is 25.1 Å². The van der Waals surface area contributed by atoms with Gasteiger partial charge in [0.2, 0.25) is 5.91 Å². The number of likely N-dealkylation sites (N-methyl/N-ethyl adjacent to an activating group) is 1. The van der Waals surface area contributed by atoms with E-state index >= 15 is 0 Å². The predicted octanol–water partition coefficient (Wildman–Crippen LogP) is 2.60. The Balaban J connectivity index is 1.62. The summed E-state index contributed by atoms with van der Waals surface area (Å²) in [6, 6.07) is 20.2. The Labute approximate surface area is 167 Å². The second kappa shape index (κ2) is 9.34. The normalized spacial score (nSPS) is 17.9. The molecule has 2 aromatic rings. The van der Waals surface area contributed by atoms with Gasteiger partial charge in [-0.25, -0.2) is 8.42 Å². The molecule has 1 fully saturated rings. The van der Waals surface area contributed by atoms with Crippen LogP contribution in [-0.4, -0.2) is 50.4 Å². The molecule has 1 saturated heterocycles. The van der Waals surface area contributed by atoms with E-state index in [0.717, 1.165) is 12.0 Å². The topological polar surface area (TPSA) is 66.5 Å². The minimum Gasteiger partial charge on any atom is -0.348 e. The maximum atomic E-state index is 12.7. The van der Waals surface area contributed by atoms with Crippen molar-refractivity contribution in [3.05, 3.63) is 71.8 Å². The highest BCUT2D eigenvalue weighted by molar-refractivity contribution is 7.91. The van der Waals surface area contributed by atoms with E-state index in [1.54, 1.807) is 0 Å². The summed E-state index contributed by atoms with van der Waals surface area (Å²) in [6.07, 6.45) is 1.92. The Morgan fingerprint density at radius 3 is 2.21 bits per heavy atom. The summed E-state index contributed by atoms with van der Waals surface area (Å²) in [5.74, 6) is 0.384. The van der Waals surface area contributed by atoms with Crippen LogP contribution in [0.5, 0.6) is 0 Å². The summed E-state index contributed by atoms with van der Waals surface area (Å²) in [6.45, 7) is 0.267. The van der Waals surface area contributed by atoms with Crippen LogP contribution in [0.2, 0.25) is 0 Å². The quantitative estimate of drug-likeness (QED) is 0.776. The van der Waals surface area contributed by atoms with E-state index in [-0.39, 0.29) is 36.0 Å². The SMILES string of the molecule is CN(CC(=O)N[C@@H](Cc1ccccc1)c1ccccc1)C1CCS(=O)(=O)CC1. The molecule has 0 radical (unpaired) electrons. The molecule has 0 saturated carbocycles. The molecule has 0 spiro atoms. The van der Waals surface area contributed by atoms with Crippen LogP contribution in [0.25, 0.3) is 0 Å². The van der Waals surface area contributed by atoms with Crippen molar-refractivity contribution in [2.45, 2.75) is 31.3 Å². The number of benzene rings is 2. The highest BCUT2D eigenvalue weighted by Crippen LogP contribution is 2.19. The molecule has 1 amide bonds. The summed E-state index contributed by atoms with van der Waals surface area (Å²) in [7, 11) is -0.995. The molecule has 1 aliphatic rings. The van der Waals surface area contributed by atoms with Gasteiger partial charge in [0.05, 0.1) is 24.1 Å². The molecule has 28 heavy (non-hydrogen) atoms. The molecule has 2 aromatic carbocycles. The van der Waals surface area contributed by atoms with Crippen LogP contribution in [0.15, 0.2) is 60.7 Å². The maximum Gasteiger partial charge on any atom is 0.234 e. The zero-order valence-electron chi connectivity index (χ0n) is 16.3. The molecule has 3 rings (SSSR count). The molecule has 1 aliphatic heterocycles. The molecule has 1 atom stereocenters. The van der Waals surface area contributed by atoms with Gasteiger partial charge in [0.1, 0.15) is 9.84 Å². The fourth-order valence-corrected chi connectivity index (χ4v) is 5.17. The fraction of sp³-hybridized carbons (Fsp3) is 0.409. The number of hydrogen-bond donors (Lipinski definition) is 1. The van der Waals surface area contributed by atoms with E-state index in [1.165, 1.54) is 5.56 Å². The molecule has 0 unspecified atom stereocenters. The first-order valence-corrected chi connectivity index (χ1v) is 11.5. The van der Waals surface area contributed by atoms with Crippen LogP contribution in [0, 0.1) is 0 Å². The smallest absolute Gasteiger partial charge is 0.234 e. The van der Waals surface area contributed by atoms with Gasteiger partial charge in [-0.2, -0.15) is 0 Å². The lowest BCUT2D eigenvalue weighted by atomic mass is 9.99. The van der Waals surface area contributed by atoms with E-state index in [9.17, 15) is 13.2 Å². The standard InChI is InChI=1S/C22H28N2O3S/c1-24(20-12-14-28(26,27)15-13-20)17-22(25)23-21(19-10-6-3-7-11-19)16-18-8-4-2-5-9-18/h2-11,20-21H,12-17H2,1H3,(H,23,25)/t21-/m0/s1. The Bertz CT molecular complexity index is 855. The fourth-order valence-electron chi connectivity index (χ4n) is 3.70. The summed E-state index contributed by atoms with van der Waals surface area (Å²) in [5, 5.41) is 3.17. The predicted molar refractivity (Wildman–Crippen MR) is 112 cm³/mol. The van der Waals surface area contributed by atoms with Crippen molar-refractivity contribution in [3.63, 3.8) is 0 Å². The van der Waals surface area contributed by atoms with E-state index in [2.05, 4.69) is 17.4 Å². The van der Waals surface area contributed by atoms with E-state index < -0.39 is 9.84 Å². The average molecular weight is 401 g/mol. The Hall–Kier alpha value is -2.18. The van der Waals surface area contributed by atoms with Crippen molar-refractivity contribution >= 4 is 15.7 Å². The molecule has 1 N–H and O–H groups in total. The van der Waals surface area contributed by atoms with Gasteiger partial charge >= 0.3 is 0 Å². The van der Waals surface area contributed by atoms with Gasteiger partial charge in [-0.3, -0.25) is 9.69 Å². The van der Waals surface area contributed by atoms with Gasteiger partial charge < -0.3 is 5.32 Å². The maximum absolute atomic E-state index is 12.7. The van der Waals surface area contributed by atoms with Gasteiger partial charge in [-0.1, -0.05) is 60.7 Å². The zero-order valence-corrected chi connectivity index (χ0v) is 17.1. The van der Waals surface area contributed by atoms with Crippen LogP contribution in [0.3, 0.4) is 0 Å². The molecular formula is C22H28N2O3S. The Morgan fingerprint density at radius 2 is 1.61 bits per heavy atom. The third-order valence-electron chi connectivity index (χ3n) is 5.36. The van der Waals surface area contributed by atoms with Crippen LogP contribution in [-0.2, 0) is 21.1 Å². The van der Waals surface area contributed by atoms with Crippen molar-refractivity contribution in [1.29, 1.82) is 0 Å². The van der Waals surface area contributed by atoms with Gasteiger partial charge in [-0.15, -0.1) is 0 Å². The molecule has 0 aliphatic carbocycles. The molecule has 150 valence electrons. The van der Waals surface area contributed by atoms with Gasteiger partial charge in [0.15, 0.2) is 0 Å². The second-order valence-electron chi connectivity index (χ2n) is 7.52. The molecule has 6 heteroatoms. The molecule has 0 aromatic heterocycles. The Morgan fingerprint density at radius 1 is 1.04 bits per heavy atom. The summed E-state index contributed by atoms with van der Waals surface area (Å²) >= 11 is 0.